The third-order valence-corrected chi connectivity index (χ3v) is 6.22. The highest BCUT2D eigenvalue weighted by atomic mass is 35.5. The van der Waals surface area contributed by atoms with E-state index in [9.17, 15) is 4.79 Å². The second-order valence-corrected chi connectivity index (χ2v) is 7.73. The summed E-state index contributed by atoms with van der Waals surface area (Å²) in [6.45, 7) is 1.27. The number of nitrogens with two attached hydrogens (primary N) is 1. The van der Waals surface area contributed by atoms with Crippen molar-refractivity contribution in [2.75, 3.05) is 43.8 Å². The third kappa shape index (κ3) is 3.90. The highest BCUT2D eigenvalue weighted by Gasteiger charge is 2.41. The first kappa shape index (κ1) is 22.5. The Morgan fingerprint density at radius 3 is 2.47 bits per heavy atom. The van der Waals surface area contributed by atoms with Crippen LogP contribution in [0, 0.1) is 0 Å². The van der Waals surface area contributed by atoms with Gasteiger partial charge >= 0.3 is 0 Å². The molecule has 2 N–H and O–H groups in total. The van der Waals surface area contributed by atoms with Crippen LogP contribution in [0.25, 0.3) is 10.9 Å². The van der Waals surface area contributed by atoms with Crippen LogP contribution in [-0.4, -0.2) is 66.0 Å². The number of fused-ring (bicyclic) bond motifs is 2. The van der Waals surface area contributed by atoms with Crippen LogP contribution < -0.4 is 20.1 Å². The summed E-state index contributed by atoms with van der Waals surface area (Å²) in [5.41, 5.74) is 6.99. The first-order valence-electron chi connectivity index (χ1n) is 9.88. The molecule has 1 aromatic heterocycles. The number of benzene rings is 1. The second-order valence-electron chi connectivity index (χ2n) is 7.47. The molecule has 4 rings (SSSR count). The van der Waals surface area contributed by atoms with E-state index in [0.717, 1.165) is 31.1 Å². The summed E-state index contributed by atoms with van der Waals surface area (Å²) in [6, 6.07) is 3.92. The molecule has 2 aromatic rings. The summed E-state index contributed by atoms with van der Waals surface area (Å²) in [5.74, 6) is 2.19. The number of nitrogen functional groups attached to an aromatic ring is 1. The van der Waals surface area contributed by atoms with Crippen LogP contribution in [0.15, 0.2) is 12.1 Å². The molecule has 1 aliphatic heterocycles. The fraction of sp³-hybridized carbons (Fsp3) is 0.550. The fourth-order valence-electron chi connectivity index (χ4n) is 4.60. The minimum Gasteiger partial charge on any atom is -0.493 e. The topological polar surface area (TPSA) is 93.8 Å². The van der Waals surface area contributed by atoms with E-state index in [4.69, 9.17) is 31.8 Å². The molecule has 164 valence electrons. The van der Waals surface area contributed by atoms with Crippen molar-refractivity contribution < 1.29 is 14.3 Å². The van der Waals surface area contributed by atoms with Crippen LogP contribution in [0.1, 0.15) is 25.7 Å². The van der Waals surface area contributed by atoms with E-state index in [1.807, 2.05) is 11.0 Å². The number of halogens is 2. The number of methoxy groups -OCH3 is 2. The largest absolute Gasteiger partial charge is 0.493 e. The maximum absolute atomic E-state index is 12.3. The number of ether oxygens (including phenoxy) is 2. The predicted octanol–water partition coefficient (Wildman–Crippen LogP) is 2.85. The molecule has 0 radical (unpaired) electrons. The van der Waals surface area contributed by atoms with E-state index in [1.54, 1.807) is 20.3 Å². The summed E-state index contributed by atoms with van der Waals surface area (Å²) in [7, 11) is 3.18. The van der Waals surface area contributed by atoms with Crippen molar-refractivity contribution in [1.29, 1.82) is 0 Å². The van der Waals surface area contributed by atoms with Gasteiger partial charge in [-0.2, -0.15) is 4.98 Å². The van der Waals surface area contributed by atoms with E-state index >= 15 is 0 Å². The number of anilines is 2. The Balaban J connectivity index is 0.00000256. The van der Waals surface area contributed by atoms with Crippen molar-refractivity contribution in [2.45, 2.75) is 37.8 Å². The number of piperazine rings is 1. The van der Waals surface area contributed by atoms with Gasteiger partial charge in [0.1, 0.15) is 11.7 Å². The van der Waals surface area contributed by atoms with E-state index in [1.165, 1.54) is 0 Å². The Morgan fingerprint density at radius 1 is 1.13 bits per heavy atom. The standard InChI is InChI=1S/C20H26ClN5O3.ClH/c1-28-16-9-12-13(10-17(16)29-2)23-20(24-19(12)22)26-8-7-25(18(27)11-21)14-5-3-4-6-15(14)26;/h9-10,14-15H,3-8,11H2,1-2H3,(H2,22,23,24);1H/t14-,15+;/m0./s1. The van der Waals surface area contributed by atoms with Gasteiger partial charge in [-0.05, 0) is 18.9 Å². The van der Waals surface area contributed by atoms with Crippen molar-refractivity contribution in [1.82, 2.24) is 14.9 Å². The lowest BCUT2D eigenvalue weighted by Gasteiger charge is -2.49. The van der Waals surface area contributed by atoms with Gasteiger partial charge in [-0.1, -0.05) is 12.8 Å². The number of aromatic nitrogens is 2. The lowest BCUT2D eigenvalue weighted by molar-refractivity contribution is -0.132. The van der Waals surface area contributed by atoms with Crippen molar-refractivity contribution in [2.24, 2.45) is 0 Å². The van der Waals surface area contributed by atoms with Crippen LogP contribution >= 0.6 is 24.0 Å². The number of hydrogen-bond acceptors (Lipinski definition) is 7. The number of rotatable bonds is 4. The van der Waals surface area contributed by atoms with Gasteiger partial charge in [0, 0.05) is 24.5 Å². The maximum atomic E-state index is 12.3. The highest BCUT2D eigenvalue weighted by Crippen LogP contribution is 2.36. The number of nitrogens with zero attached hydrogens (tertiary/aromatic N) is 4. The predicted molar refractivity (Wildman–Crippen MR) is 120 cm³/mol. The van der Waals surface area contributed by atoms with E-state index < -0.39 is 0 Å². The molecule has 8 nitrogen and oxygen atoms in total. The number of carbonyl (C=O) groups excluding carboxylic acids is 1. The molecule has 0 bridgehead atoms. The summed E-state index contributed by atoms with van der Waals surface area (Å²) < 4.78 is 10.8. The number of alkyl halides is 1. The molecule has 30 heavy (non-hydrogen) atoms. The fourth-order valence-corrected chi connectivity index (χ4v) is 4.75. The van der Waals surface area contributed by atoms with Gasteiger partial charge in [0.05, 0.1) is 31.8 Å². The Labute approximate surface area is 187 Å². The van der Waals surface area contributed by atoms with Gasteiger partial charge in [0.2, 0.25) is 11.9 Å². The Morgan fingerprint density at radius 2 is 1.80 bits per heavy atom. The normalized spacial score (nSPS) is 21.0. The average molecular weight is 456 g/mol. The molecular formula is C20H27Cl2N5O3. The quantitative estimate of drug-likeness (QED) is 0.708. The van der Waals surface area contributed by atoms with E-state index in [0.29, 0.717) is 41.9 Å². The molecule has 0 unspecified atom stereocenters. The Hall–Kier alpha value is -2.19. The van der Waals surface area contributed by atoms with Gasteiger partial charge in [-0.15, -0.1) is 24.0 Å². The second kappa shape index (κ2) is 9.31. The third-order valence-electron chi connectivity index (χ3n) is 5.99. The van der Waals surface area contributed by atoms with Gasteiger partial charge in [-0.25, -0.2) is 4.98 Å². The van der Waals surface area contributed by atoms with Crippen molar-refractivity contribution in [3.63, 3.8) is 0 Å². The van der Waals surface area contributed by atoms with Crippen molar-refractivity contribution in [3.05, 3.63) is 12.1 Å². The lowest BCUT2D eigenvalue weighted by Crippen LogP contribution is -2.62. The maximum Gasteiger partial charge on any atom is 0.237 e. The first-order valence-corrected chi connectivity index (χ1v) is 10.4. The molecule has 1 amide bonds. The zero-order chi connectivity index (χ0) is 20.5. The van der Waals surface area contributed by atoms with Crippen molar-refractivity contribution in [3.8, 4) is 11.5 Å². The zero-order valence-electron chi connectivity index (χ0n) is 17.1. The number of carbonyl (C=O) groups is 1. The molecule has 1 saturated carbocycles. The minimum absolute atomic E-state index is 0. The van der Waals surface area contributed by atoms with Gasteiger partial charge < -0.3 is 25.0 Å². The molecule has 2 atom stereocenters. The summed E-state index contributed by atoms with van der Waals surface area (Å²) >= 11 is 5.84. The molecular weight excluding hydrogens is 429 g/mol. The number of amides is 1. The van der Waals surface area contributed by atoms with Crippen LogP contribution in [-0.2, 0) is 4.79 Å². The molecule has 1 saturated heterocycles. The molecule has 1 aromatic carbocycles. The van der Waals surface area contributed by atoms with Gasteiger partial charge in [0.25, 0.3) is 0 Å². The molecule has 2 aliphatic rings. The molecule has 1 aliphatic carbocycles. The average Bonchev–Trinajstić information content (AvgIpc) is 2.76. The molecule has 2 fully saturated rings. The van der Waals surface area contributed by atoms with Crippen LogP contribution in [0.4, 0.5) is 11.8 Å². The molecule has 0 spiro atoms. The highest BCUT2D eigenvalue weighted by molar-refractivity contribution is 6.27. The summed E-state index contributed by atoms with van der Waals surface area (Å²) in [5, 5.41) is 0.725. The number of hydrogen-bond donors (Lipinski definition) is 1. The monoisotopic (exact) mass is 455 g/mol. The summed E-state index contributed by atoms with van der Waals surface area (Å²) in [6.07, 6.45) is 4.19. The van der Waals surface area contributed by atoms with E-state index in [2.05, 4.69) is 9.88 Å². The lowest BCUT2D eigenvalue weighted by atomic mass is 9.86. The van der Waals surface area contributed by atoms with Gasteiger partial charge in [0.15, 0.2) is 11.5 Å². The Bertz CT molecular complexity index is 929. The van der Waals surface area contributed by atoms with Crippen molar-refractivity contribution >= 4 is 52.6 Å². The van der Waals surface area contributed by atoms with Gasteiger partial charge in [-0.3, -0.25) is 4.79 Å². The summed E-state index contributed by atoms with van der Waals surface area (Å²) in [4.78, 5) is 25.9. The van der Waals surface area contributed by atoms with Crippen LogP contribution in [0.5, 0.6) is 11.5 Å². The molecule has 10 heteroatoms. The van der Waals surface area contributed by atoms with Crippen LogP contribution in [0.2, 0.25) is 0 Å². The molecule has 2 heterocycles. The first-order chi connectivity index (χ1) is 14.1. The van der Waals surface area contributed by atoms with E-state index in [-0.39, 0.29) is 36.3 Å². The SMILES string of the molecule is COc1cc2nc(N3CCN(C(=O)CCl)[C@H]4CCCC[C@H]43)nc(N)c2cc1OC.Cl. The Kier molecular flexibility index (Phi) is 6.98. The zero-order valence-corrected chi connectivity index (χ0v) is 18.7. The smallest absolute Gasteiger partial charge is 0.237 e. The van der Waals surface area contributed by atoms with Crippen LogP contribution in [0.3, 0.4) is 0 Å². The minimum atomic E-state index is -0.000934.